The molecule has 1 saturated heterocycles. The summed E-state index contributed by atoms with van der Waals surface area (Å²) in [6, 6.07) is 7.82. The molecular formula is C21H22F4N4O2. The lowest BCUT2D eigenvalue weighted by atomic mass is 10.1. The molecule has 1 heterocycles. The Morgan fingerprint density at radius 3 is 2.06 bits per heavy atom. The van der Waals surface area contributed by atoms with Gasteiger partial charge in [0.15, 0.2) is 0 Å². The predicted molar refractivity (Wildman–Crippen MR) is 109 cm³/mol. The highest BCUT2D eigenvalue weighted by Crippen LogP contribution is 2.35. The van der Waals surface area contributed by atoms with Gasteiger partial charge in [-0.05, 0) is 42.5 Å². The van der Waals surface area contributed by atoms with Crippen LogP contribution in [-0.2, 0) is 6.18 Å². The zero-order valence-corrected chi connectivity index (χ0v) is 17.0. The number of hydrogen-bond donors (Lipinski definition) is 1. The number of halogens is 4. The van der Waals surface area contributed by atoms with Crippen molar-refractivity contribution in [2.75, 3.05) is 50.5 Å². The number of piperazine rings is 1. The highest BCUT2D eigenvalue weighted by Gasteiger charge is 2.32. The fourth-order valence-electron chi connectivity index (χ4n) is 3.28. The number of nitrogens with one attached hydrogen (secondary N) is 1. The topological polar surface area (TPSA) is 55.9 Å². The summed E-state index contributed by atoms with van der Waals surface area (Å²) in [6.07, 6.45) is -4.53. The number of carbonyl (C=O) groups is 2. The molecule has 6 nitrogen and oxygen atoms in total. The molecule has 0 radical (unpaired) electrons. The van der Waals surface area contributed by atoms with Crippen LogP contribution in [0.3, 0.4) is 0 Å². The molecular weight excluding hydrogens is 416 g/mol. The molecule has 1 N–H and O–H groups in total. The van der Waals surface area contributed by atoms with E-state index in [0.29, 0.717) is 11.3 Å². The fraction of sp³-hybridized carbons (Fsp3) is 0.333. The first kappa shape index (κ1) is 22.4. The molecule has 0 saturated carbocycles. The number of urea groups is 1. The van der Waals surface area contributed by atoms with Gasteiger partial charge in [-0.25, -0.2) is 9.18 Å². The van der Waals surface area contributed by atoms with Crippen LogP contribution in [0.5, 0.6) is 0 Å². The Morgan fingerprint density at radius 2 is 1.52 bits per heavy atom. The minimum atomic E-state index is -4.53. The summed E-state index contributed by atoms with van der Waals surface area (Å²) in [5.74, 6) is -0.711. The monoisotopic (exact) mass is 438 g/mol. The van der Waals surface area contributed by atoms with Crippen molar-refractivity contribution in [1.82, 2.24) is 9.80 Å². The molecule has 0 spiro atoms. The molecule has 1 fully saturated rings. The van der Waals surface area contributed by atoms with Gasteiger partial charge in [-0.2, -0.15) is 13.2 Å². The van der Waals surface area contributed by atoms with Gasteiger partial charge in [-0.15, -0.1) is 0 Å². The summed E-state index contributed by atoms with van der Waals surface area (Å²) in [7, 11) is 3.33. The van der Waals surface area contributed by atoms with Gasteiger partial charge in [0.25, 0.3) is 5.91 Å². The summed E-state index contributed by atoms with van der Waals surface area (Å²) >= 11 is 0. The van der Waals surface area contributed by atoms with E-state index in [1.54, 1.807) is 23.9 Å². The highest BCUT2D eigenvalue weighted by atomic mass is 19.4. The standard InChI is InChI=1S/C21H22F4N4O2/c1-27(2)18-8-5-15(21(23,24)25)13-17(18)26-20(31)29-11-9-28(10-12-29)19(30)14-3-6-16(22)7-4-14/h3-8,13H,9-12H2,1-2H3,(H,26,31). The lowest BCUT2D eigenvalue weighted by Gasteiger charge is -2.35. The number of nitrogens with zero attached hydrogens (tertiary/aromatic N) is 3. The smallest absolute Gasteiger partial charge is 0.376 e. The molecule has 31 heavy (non-hydrogen) atoms. The second-order valence-electron chi connectivity index (χ2n) is 7.34. The van der Waals surface area contributed by atoms with Crippen LogP contribution in [-0.4, -0.2) is 62.0 Å². The summed E-state index contributed by atoms with van der Waals surface area (Å²) < 4.78 is 52.3. The molecule has 1 aliphatic rings. The number of anilines is 2. The number of amides is 3. The predicted octanol–water partition coefficient (Wildman–Crippen LogP) is 3.90. The van der Waals surface area contributed by atoms with Gasteiger partial charge < -0.3 is 20.0 Å². The van der Waals surface area contributed by atoms with Gasteiger partial charge in [-0.3, -0.25) is 4.79 Å². The third-order valence-electron chi connectivity index (χ3n) is 4.99. The van der Waals surface area contributed by atoms with E-state index in [0.717, 1.165) is 12.1 Å². The maximum Gasteiger partial charge on any atom is 0.416 e. The second kappa shape index (κ2) is 8.83. The summed E-state index contributed by atoms with van der Waals surface area (Å²) in [6.45, 7) is 0.948. The number of carbonyl (C=O) groups excluding carboxylic acids is 2. The molecule has 0 aliphatic carbocycles. The molecule has 1 aliphatic heterocycles. The largest absolute Gasteiger partial charge is 0.416 e. The van der Waals surface area contributed by atoms with Crippen LogP contribution in [0.15, 0.2) is 42.5 Å². The van der Waals surface area contributed by atoms with E-state index in [2.05, 4.69) is 5.32 Å². The van der Waals surface area contributed by atoms with Crippen molar-refractivity contribution in [2.45, 2.75) is 6.18 Å². The van der Waals surface area contributed by atoms with Gasteiger partial charge in [0.05, 0.1) is 16.9 Å². The summed E-state index contributed by atoms with van der Waals surface area (Å²) in [5.41, 5.74) is -0.0249. The van der Waals surface area contributed by atoms with Gasteiger partial charge in [-0.1, -0.05) is 0 Å². The maximum absolute atomic E-state index is 13.1. The minimum Gasteiger partial charge on any atom is -0.376 e. The Labute approximate surface area is 177 Å². The van der Waals surface area contributed by atoms with Gasteiger partial charge in [0.1, 0.15) is 5.82 Å². The number of hydrogen-bond acceptors (Lipinski definition) is 3. The SMILES string of the molecule is CN(C)c1ccc(C(F)(F)F)cc1NC(=O)N1CCN(C(=O)c2ccc(F)cc2)CC1. The van der Waals surface area contributed by atoms with Gasteiger partial charge in [0, 0.05) is 45.8 Å². The Balaban J connectivity index is 1.66. The van der Waals surface area contributed by atoms with E-state index >= 15 is 0 Å². The van der Waals surface area contributed by atoms with Crippen LogP contribution < -0.4 is 10.2 Å². The summed E-state index contributed by atoms with van der Waals surface area (Å²) in [4.78, 5) is 29.8. The Morgan fingerprint density at radius 1 is 0.935 bits per heavy atom. The lowest BCUT2D eigenvalue weighted by Crippen LogP contribution is -2.51. The molecule has 10 heteroatoms. The number of benzene rings is 2. The van der Waals surface area contributed by atoms with E-state index in [9.17, 15) is 27.2 Å². The van der Waals surface area contributed by atoms with Crippen molar-refractivity contribution in [3.63, 3.8) is 0 Å². The fourth-order valence-corrected chi connectivity index (χ4v) is 3.28. The van der Waals surface area contributed by atoms with Crippen molar-refractivity contribution < 1.29 is 27.2 Å². The highest BCUT2D eigenvalue weighted by molar-refractivity contribution is 5.95. The first-order valence-electron chi connectivity index (χ1n) is 9.55. The van der Waals surface area contributed by atoms with Crippen molar-refractivity contribution in [1.29, 1.82) is 0 Å². The average Bonchev–Trinajstić information content (AvgIpc) is 2.73. The number of rotatable bonds is 3. The third kappa shape index (κ3) is 5.25. The molecule has 3 amide bonds. The van der Waals surface area contributed by atoms with Crippen molar-refractivity contribution in [3.05, 3.63) is 59.4 Å². The average molecular weight is 438 g/mol. The van der Waals surface area contributed by atoms with E-state index in [4.69, 9.17) is 0 Å². The Bertz CT molecular complexity index is 953. The van der Waals surface area contributed by atoms with Crippen molar-refractivity contribution >= 4 is 23.3 Å². The van der Waals surface area contributed by atoms with Crippen LogP contribution in [0.2, 0.25) is 0 Å². The molecule has 0 unspecified atom stereocenters. The zero-order chi connectivity index (χ0) is 22.8. The van der Waals surface area contributed by atoms with Crippen LogP contribution in [0, 0.1) is 5.82 Å². The van der Waals surface area contributed by atoms with Crippen molar-refractivity contribution in [3.8, 4) is 0 Å². The van der Waals surface area contributed by atoms with E-state index in [1.165, 1.54) is 35.2 Å². The first-order valence-corrected chi connectivity index (χ1v) is 9.55. The Hall–Kier alpha value is -3.30. The van der Waals surface area contributed by atoms with E-state index < -0.39 is 23.6 Å². The summed E-state index contributed by atoms with van der Waals surface area (Å²) in [5, 5.41) is 2.56. The molecule has 166 valence electrons. The second-order valence-corrected chi connectivity index (χ2v) is 7.34. The quantitative estimate of drug-likeness (QED) is 0.740. The van der Waals surface area contributed by atoms with Crippen LogP contribution >= 0.6 is 0 Å². The van der Waals surface area contributed by atoms with Gasteiger partial charge >= 0.3 is 12.2 Å². The first-order chi connectivity index (χ1) is 14.6. The maximum atomic E-state index is 13.1. The lowest BCUT2D eigenvalue weighted by molar-refractivity contribution is -0.137. The van der Waals surface area contributed by atoms with Gasteiger partial charge in [0.2, 0.25) is 0 Å². The minimum absolute atomic E-state index is 0.0506. The number of alkyl halides is 3. The molecule has 2 aromatic rings. The third-order valence-corrected chi connectivity index (χ3v) is 4.99. The van der Waals surface area contributed by atoms with Crippen molar-refractivity contribution in [2.24, 2.45) is 0 Å². The van der Waals surface area contributed by atoms with E-state index in [-0.39, 0.29) is 37.8 Å². The van der Waals surface area contributed by atoms with Crippen LogP contribution in [0.25, 0.3) is 0 Å². The molecule has 3 rings (SSSR count). The molecule has 0 atom stereocenters. The van der Waals surface area contributed by atoms with Crippen LogP contribution in [0.4, 0.5) is 33.7 Å². The Kier molecular flexibility index (Phi) is 6.37. The zero-order valence-electron chi connectivity index (χ0n) is 17.0. The van der Waals surface area contributed by atoms with Crippen LogP contribution in [0.1, 0.15) is 15.9 Å². The molecule has 0 aromatic heterocycles. The molecule has 2 aromatic carbocycles. The normalized spacial score (nSPS) is 14.4. The van der Waals surface area contributed by atoms with E-state index in [1.807, 2.05) is 0 Å². The molecule has 0 bridgehead atoms.